The fraction of sp³-hybridized carbons (Fsp3) is 0.350. The molecule has 0 aliphatic carbocycles. The van der Waals surface area contributed by atoms with Crippen LogP contribution in [0.2, 0.25) is 0 Å². The Hall–Kier alpha value is -2.47. The summed E-state index contributed by atoms with van der Waals surface area (Å²) in [4.78, 5) is 31.3. The minimum Gasteiger partial charge on any atom is -0.354 e. The predicted molar refractivity (Wildman–Crippen MR) is 107 cm³/mol. The molecule has 3 aromatic rings. The van der Waals surface area contributed by atoms with E-state index >= 15 is 0 Å². The topological polar surface area (TPSA) is 64.0 Å². The van der Waals surface area contributed by atoms with Crippen molar-refractivity contribution >= 4 is 27.5 Å². The molecule has 1 N–H and O–H groups in total. The van der Waals surface area contributed by atoms with Gasteiger partial charge < -0.3 is 5.32 Å². The molecule has 0 fully saturated rings. The van der Waals surface area contributed by atoms with Crippen molar-refractivity contribution in [3.8, 4) is 11.1 Å². The fourth-order valence-electron chi connectivity index (χ4n) is 2.85. The van der Waals surface area contributed by atoms with Crippen LogP contribution in [-0.2, 0) is 11.3 Å². The summed E-state index contributed by atoms with van der Waals surface area (Å²) in [6.45, 7) is 8.67. The highest BCUT2D eigenvalue weighted by Gasteiger charge is 2.17. The molecule has 1 amide bonds. The van der Waals surface area contributed by atoms with E-state index in [2.05, 4.69) is 10.3 Å². The zero-order chi connectivity index (χ0) is 18.8. The number of nitrogens with zero attached hydrogens (tertiary/aromatic N) is 2. The predicted octanol–water partition coefficient (Wildman–Crippen LogP) is 3.51. The number of nitrogens with one attached hydrogen (secondary N) is 1. The lowest BCUT2D eigenvalue weighted by atomic mass is 10.0. The third-order valence-corrected chi connectivity index (χ3v) is 5.23. The van der Waals surface area contributed by atoms with Crippen molar-refractivity contribution in [1.29, 1.82) is 0 Å². The monoisotopic (exact) mass is 369 g/mol. The number of rotatable bonds is 5. The first-order chi connectivity index (χ1) is 12.4. The number of hydrogen-bond donors (Lipinski definition) is 1. The molecule has 0 aliphatic heterocycles. The Bertz CT molecular complexity index is 1000. The number of aromatic nitrogens is 2. The number of carbonyl (C=O) groups is 1. The molecule has 0 unspecified atom stereocenters. The largest absolute Gasteiger partial charge is 0.354 e. The number of hydrogen-bond acceptors (Lipinski definition) is 4. The molecular formula is C20H23N3O2S. The van der Waals surface area contributed by atoms with Crippen molar-refractivity contribution in [2.75, 3.05) is 6.54 Å². The van der Waals surface area contributed by atoms with Gasteiger partial charge in [-0.2, -0.15) is 0 Å². The summed E-state index contributed by atoms with van der Waals surface area (Å²) in [7, 11) is 0. The van der Waals surface area contributed by atoms with Crippen LogP contribution in [0.3, 0.4) is 0 Å². The third kappa shape index (κ3) is 3.70. The van der Waals surface area contributed by atoms with Crippen LogP contribution < -0.4 is 10.9 Å². The molecule has 1 aromatic carbocycles. The molecule has 2 heterocycles. The highest BCUT2D eigenvalue weighted by Crippen LogP contribution is 2.35. The van der Waals surface area contributed by atoms with Gasteiger partial charge in [0.1, 0.15) is 11.4 Å². The molecule has 0 aliphatic rings. The number of fused-ring (bicyclic) bond motifs is 1. The van der Waals surface area contributed by atoms with Crippen molar-refractivity contribution in [1.82, 2.24) is 14.9 Å². The summed E-state index contributed by atoms with van der Waals surface area (Å²) in [6.07, 6.45) is 1.47. The van der Waals surface area contributed by atoms with E-state index in [-0.39, 0.29) is 18.0 Å². The van der Waals surface area contributed by atoms with Crippen LogP contribution in [0.1, 0.15) is 24.3 Å². The van der Waals surface area contributed by atoms with Gasteiger partial charge in [-0.1, -0.05) is 43.7 Å². The van der Waals surface area contributed by atoms with Crippen LogP contribution in [0.15, 0.2) is 35.4 Å². The molecule has 5 nitrogen and oxygen atoms in total. The Labute approximate surface area is 156 Å². The zero-order valence-corrected chi connectivity index (χ0v) is 16.3. The van der Waals surface area contributed by atoms with Crippen LogP contribution >= 0.6 is 11.3 Å². The second-order valence-corrected chi connectivity index (χ2v) is 8.16. The van der Waals surface area contributed by atoms with E-state index in [9.17, 15) is 9.59 Å². The molecule has 26 heavy (non-hydrogen) atoms. The third-order valence-electron chi connectivity index (χ3n) is 4.22. The van der Waals surface area contributed by atoms with Gasteiger partial charge in [-0.25, -0.2) is 4.98 Å². The van der Waals surface area contributed by atoms with Crippen LogP contribution in [0.25, 0.3) is 21.3 Å². The van der Waals surface area contributed by atoms with Gasteiger partial charge in [-0.3, -0.25) is 14.2 Å². The summed E-state index contributed by atoms with van der Waals surface area (Å²) in [5, 5.41) is 3.43. The van der Waals surface area contributed by atoms with E-state index in [1.807, 2.05) is 52.0 Å². The molecule has 0 bridgehead atoms. The highest BCUT2D eigenvalue weighted by molar-refractivity contribution is 7.19. The standard InChI is InChI=1S/C20H23N3O2S/c1-12(2)9-21-16(24)10-23-11-22-19-18(20(23)25)17(14(4)26-19)15-7-5-13(3)6-8-15/h5-8,11-12H,9-10H2,1-4H3,(H,21,24). The van der Waals surface area contributed by atoms with Crippen LogP contribution in [0.4, 0.5) is 0 Å². The smallest absolute Gasteiger partial charge is 0.263 e. The van der Waals surface area contributed by atoms with Gasteiger partial charge in [-0.15, -0.1) is 11.3 Å². The van der Waals surface area contributed by atoms with Crippen molar-refractivity contribution < 1.29 is 4.79 Å². The van der Waals surface area contributed by atoms with Crippen molar-refractivity contribution in [3.05, 3.63) is 51.4 Å². The molecule has 3 rings (SSSR count). The second kappa shape index (κ2) is 7.41. The molecule has 2 aromatic heterocycles. The fourth-order valence-corrected chi connectivity index (χ4v) is 3.85. The average molecular weight is 369 g/mol. The van der Waals surface area contributed by atoms with Gasteiger partial charge in [0.25, 0.3) is 5.56 Å². The summed E-state index contributed by atoms with van der Waals surface area (Å²) in [6, 6.07) is 8.12. The molecule has 0 spiro atoms. The van der Waals surface area contributed by atoms with E-state index in [0.29, 0.717) is 22.7 Å². The molecule has 0 atom stereocenters. The minimum absolute atomic E-state index is 0.0171. The molecule has 0 radical (unpaired) electrons. The van der Waals surface area contributed by atoms with Crippen LogP contribution in [0, 0.1) is 19.8 Å². The zero-order valence-electron chi connectivity index (χ0n) is 15.5. The molecule has 6 heteroatoms. The van der Waals surface area contributed by atoms with Gasteiger partial charge in [0.2, 0.25) is 5.91 Å². The Kier molecular flexibility index (Phi) is 5.23. The number of thiophene rings is 1. The first-order valence-corrected chi connectivity index (χ1v) is 9.50. The second-order valence-electron chi connectivity index (χ2n) is 6.95. The SMILES string of the molecule is Cc1ccc(-c2c(C)sc3ncn(CC(=O)NCC(C)C)c(=O)c23)cc1. The maximum atomic E-state index is 13.0. The van der Waals surface area contributed by atoms with Gasteiger partial charge in [0.15, 0.2) is 0 Å². The number of amides is 1. The summed E-state index contributed by atoms with van der Waals surface area (Å²) in [5.74, 6) is 0.190. The van der Waals surface area contributed by atoms with Gasteiger partial charge >= 0.3 is 0 Å². The average Bonchev–Trinajstić information content (AvgIpc) is 2.93. The number of carbonyl (C=O) groups excluding carboxylic acids is 1. The number of aryl methyl sites for hydroxylation is 2. The van der Waals surface area contributed by atoms with E-state index in [1.54, 1.807) is 0 Å². The molecule has 136 valence electrons. The quantitative estimate of drug-likeness (QED) is 0.748. The van der Waals surface area contributed by atoms with E-state index in [0.717, 1.165) is 16.0 Å². The lowest BCUT2D eigenvalue weighted by Crippen LogP contribution is -2.34. The summed E-state index contributed by atoms with van der Waals surface area (Å²) < 4.78 is 1.39. The van der Waals surface area contributed by atoms with Gasteiger partial charge in [-0.05, 0) is 25.3 Å². The van der Waals surface area contributed by atoms with Crippen LogP contribution in [-0.4, -0.2) is 22.0 Å². The Morgan fingerprint density at radius 1 is 1.23 bits per heavy atom. The maximum absolute atomic E-state index is 13.0. The minimum atomic E-state index is -0.175. The summed E-state index contributed by atoms with van der Waals surface area (Å²) >= 11 is 1.51. The van der Waals surface area contributed by atoms with Gasteiger partial charge in [0, 0.05) is 17.0 Å². The van der Waals surface area contributed by atoms with Crippen LogP contribution in [0.5, 0.6) is 0 Å². The normalized spacial score (nSPS) is 11.3. The van der Waals surface area contributed by atoms with E-state index in [4.69, 9.17) is 0 Å². The maximum Gasteiger partial charge on any atom is 0.263 e. The molecule has 0 saturated heterocycles. The van der Waals surface area contributed by atoms with E-state index in [1.165, 1.54) is 27.8 Å². The molecule has 0 saturated carbocycles. The van der Waals surface area contributed by atoms with E-state index < -0.39 is 0 Å². The van der Waals surface area contributed by atoms with Gasteiger partial charge in [0.05, 0.1) is 11.7 Å². The van der Waals surface area contributed by atoms with Crippen molar-refractivity contribution in [2.45, 2.75) is 34.2 Å². The Balaban J connectivity index is 2.03. The Morgan fingerprint density at radius 2 is 1.92 bits per heavy atom. The number of benzene rings is 1. The summed E-state index contributed by atoms with van der Waals surface area (Å²) in [5.41, 5.74) is 2.91. The highest BCUT2D eigenvalue weighted by atomic mass is 32.1. The van der Waals surface area contributed by atoms with Crippen molar-refractivity contribution in [2.24, 2.45) is 5.92 Å². The first-order valence-electron chi connectivity index (χ1n) is 8.69. The lowest BCUT2D eigenvalue weighted by Gasteiger charge is -2.09. The first kappa shape index (κ1) is 18.3. The lowest BCUT2D eigenvalue weighted by molar-refractivity contribution is -0.121. The molecular weight excluding hydrogens is 346 g/mol. The van der Waals surface area contributed by atoms with Crippen molar-refractivity contribution in [3.63, 3.8) is 0 Å². The Morgan fingerprint density at radius 3 is 2.58 bits per heavy atom.